The minimum atomic E-state index is -3.62. The highest BCUT2D eigenvalue weighted by molar-refractivity contribution is 7.94. The maximum Gasteiger partial charge on any atom is 0.417 e. The van der Waals surface area contributed by atoms with Crippen LogP contribution in [0.5, 0.6) is 0 Å². The van der Waals surface area contributed by atoms with Gasteiger partial charge in [-0.25, -0.2) is 18.2 Å². The number of rotatable bonds is 4. The van der Waals surface area contributed by atoms with E-state index in [0.717, 1.165) is 16.9 Å². The molecule has 122 valence electrons. The molecule has 0 fully saturated rings. The molecule has 10 heteroatoms. The van der Waals surface area contributed by atoms with E-state index < -0.39 is 15.8 Å². The highest BCUT2D eigenvalue weighted by atomic mass is 32.2. The second-order valence-electron chi connectivity index (χ2n) is 4.80. The summed E-state index contributed by atoms with van der Waals surface area (Å²) in [7, 11) is -3.62. The van der Waals surface area contributed by atoms with E-state index in [0.29, 0.717) is 16.8 Å². The van der Waals surface area contributed by atoms with Crippen molar-refractivity contribution in [2.45, 2.75) is 4.21 Å². The molecule has 0 saturated heterocycles. The van der Waals surface area contributed by atoms with Crippen LogP contribution < -0.4 is 10.5 Å². The maximum atomic E-state index is 12.2. The number of anilines is 1. The number of hydrogen-bond acceptors (Lipinski definition) is 7. The summed E-state index contributed by atoms with van der Waals surface area (Å²) >= 11 is 2.32. The van der Waals surface area contributed by atoms with Crippen LogP contribution in [0.4, 0.5) is 5.13 Å². The topological polar surface area (TPSA) is 105 Å². The van der Waals surface area contributed by atoms with Gasteiger partial charge in [-0.15, -0.1) is 22.7 Å². The average Bonchev–Trinajstić information content (AvgIpc) is 3.25. The highest BCUT2D eigenvalue weighted by Gasteiger charge is 2.17. The molecular formula is C14H9N3O4S3. The second-order valence-corrected chi connectivity index (χ2v) is 8.52. The van der Waals surface area contributed by atoms with Crippen molar-refractivity contribution in [2.75, 3.05) is 4.72 Å². The van der Waals surface area contributed by atoms with Crippen LogP contribution in [-0.4, -0.2) is 18.4 Å². The van der Waals surface area contributed by atoms with Crippen LogP contribution in [-0.2, 0) is 10.0 Å². The molecule has 3 aromatic heterocycles. The summed E-state index contributed by atoms with van der Waals surface area (Å²) < 4.78 is 32.1. The second kappa shape index (κ2) is 5.58. The monoisotopic (exact) mass is 379 g/mol. The Hall–Kier alpha value is -2.43. The number of aromatic nitrogens is 2. The van der Waals surface area contributed by atoms with Gasteiger partial charge < -0.3 is 4.42 Å². The standard InChI is InChI=1S/C14H9N3O4S3/c18-14-16-9-4-3-8(6-11(9)21-14)10-7-23-13(15-10)17-24(19,20)12-2-1-5-22-12/h1-7H,(H,15,17)(H,16,18). The Morgan fingerprint density at radius 1 is 1.21 bits per heavy atom. The molecule has 0 radical (unpaired) electrons. The lowest BCUT2D eigenvalue weighted by Gasteiger charge is -2.01. The molecule has 1 aromatic carbocycles. The van der Waals surface area contributed by atoms with E-state index in [1.54, 1.807) is 35.0 Å². The molecule has 3 heterocycles. The molecule has 24 heavy (non-hydrogen) atoms. The summed E-state index contributed by atoms with van der Waals surface area (Å²) in [4.78, 5) is 18.0. The van der Waals surface area contributed by atoms with Gasteiger partial charge in [0.05, 0.1) is 11.2 Å². The highest BCUT2D eigenvalue weighted by Crippen LogP contribution is 2.29. The van der Waals surface area contributed by atoms with Crippen LogP contribution in [0.3, 0.4) is 0 Å². The smallest absolute Gasteiger partial charge is 0.408 e. The van der Waals surface area contributed by atoms with Crippen molar-refractivity contribution >= 4 is 48.9 Å². The van der Waals surface area contributed by atoms with Crippen LogP contribution in [0, 0.1) is 0 Å². The predicted molar refractivity (Wildman–Crippen MR) is 93.1 cm³/mol. The van der Waals surface area contributed by atoms with E-state index in [2.05, 4.69) is 14.7 Å². The number of nitrogens with one attached hydrogen (secondary N) is 2. The van der Waals surface area contributed by atoms with E-state index >= 15 is 0 Å². The zero-order valence-electron chi connectivity index (χ0n) is 11.8. The number of aromatic amines is 1. The van der Waals surface area contributed by atoms with E-state index in [1.807, 2.05) is 0 Å². The van der Waals surface area contributed by atoms with E-state index in [-0.39, 0.29) is 9.34 Å². The number of hydrogen-bond donors (Lipinski definition) is 2. The molecule has 0 atom stereocenters. The molecule has 0 saturated carbocycles. The molecule has 2 N–H and O–H groups in total. The zero-order chi connectivity index (χ0) is 16.7. The molecule has 7 nitrogen and oxygen atoms in total. The number of thiazole rings is 1. The normalized spacial score (nSPS) is 11.8. The van der Waals surface area contributed by atoms with E-state index in [1.165, 1.54) is 17.4 Å². The molecule has 0 aliphatic heterocycles. The molecule has 4 aromatic rings. The summed E-state index contributed by atoms with van der Waals surface area (Å²) in [6.45, 7) is 0. The Morgan fingerprint density at radius 2 is 2.08 bits per heavy atom. The van der Waals surface area contributed by atoms with Gasteiger partial charge in [-0.3, -0.25) is 9.71 Å². The van der Waals surface area contributed by atoms with Crippen LogP contribution in [0.15, 0.2) is 54.5 Å². The fourth-order valence-electron chi connectivity index (χ4n) is 2.14. The zero-order valence-corrected chi connectivity index (χ0v) is 14.3. The molecule has 0 aliphatic rings. The van der Waals surface area contributed by atoms with E-state index in [4.69, 9.17) is 4.42 Å². The van der Waals surface area contributed by atoms with Crippen molar-refractivity contribution in [2.24, 2.45) is 0 Å². The summed E-state index contributed by atoms with van der Waals surface area (Å²) in [6, 6.07) is 8.38. The molecule has 0 unspecified atom stereocenters. The number of sulfonamides is 1. The van der Waals surface area contributed by atoms with Crippen molar-refractivity contribution in [1.82, 2.24) is 9.97 Å². The minimum Gasteiger partial charge on any atom is -0.408 e. The van der Waals surface area contributed by atoms with Gasteiger partial charge in [-0.1, -0.05) is 12.1 Å². The van der Waals surface area contributed by atoms with E-state index in [9.17, 15) is 13.2 Å². The molecule has 0 spiro atoms. The van der Waals surface area contributed by atoms with Crippen molar-refractivity contribution in [1.29, 1.82) is 0 Å². The number of benzene rings is 1. The lowest BCUT2D eigenvalue weighted by Crippen LogP contribution is -2.11. The average molecular weight is 379 g/mol. The van der Waals surface area contributed by atoms with Gasteiger partial charge in [0.25, 0.3) is 10.0 Å². The maximum absolute atomic E-state index is 12.2. The van der Waals surface area contributed by atoms with Gasteiger partial charge in [0.1, 0.15) is 4.21 Å². The summed E-state index contributed by atoms with van der Waals surface area (Å²) in [6.07, 6.45) is 0. The van der Waals surface area contributed by atoms with Crippen LogP contribution >= 0.6 is 22.7 Å². The molecule has 0 amide bonds. The molecule has 4 rings (SSSR count). The quantitative estimate of drug-likeness (QED) is 0.567. The first-order valence-corrected chi connectivity index (χ1v) is 9.91. The van der Waals surface area contributed by atoms with Gasteiger partial charge >= 0.3 is 5.76 Å². The molecule has 0 aliphatic carbocycles. The Morgan fingerprint density at radius 3 is 2.88 bits per heavy atom. The van der Waals surface area contributed by atoms with Crippen LogP contribution in [0.25, 0.3) is 22.4 Å². The first-order chi connectivity index (χ1) is 11.5. The fourth-order valence-corrected chi connectivity index (χ4v) is 5.10. The third-order valence-corrected chi connectivity index (χ3v) is 6.83. The van der Waals surface area contributed by atoms with Crippen molar-refractivity contribution in [3.05, 3.63) is 51.6 Å². The number of fused-ring (bicyclic) bond motifs is 1. The summed E-state index contributed by atoms with van der Waals surface area (Å²) in [5.41, 5.74) is 2.33. The van der Waals surface area contributed by atoms with Gasteiger partial charge in [0.15, 0.2) is 10.7 Å². The van der Waals surface area contributed by atoms with Gasteiger partial charge in [0, 0.05) is 10.9 Å². The van der Waals surface area contributed by atoms with Crippen molar-refractivity contribution in [3.63, 3.8) is 0 Å². The van der Waals surface area contributed by atoms with Crippen molar-refractivity contribution < 1.29 is 12.8 Å². The largest absolute Gasteiger partial charge is 0.417 e. The lowest BCUT2D eigenvalue weighted by molar-refractivity contribution is 0.555. The van der Waals surface area contributed by atoms with Crippen molar-refractivity contribution in [3.8, 4) is 11.3 Å². The molecular weight excluding hydrogens is 370 g/mol. The first-order valence-electron chi connectivity index (χ1n) is 6.66. The van der Waals surface area contributed by atoms with Gasteiger partial charge in [-0.05, 0) is 23.6 Å². The predicted octanol–water partition coefficient (Wildman–Crippen LogP) is 3.11. The Labute approximate surface area is 143 Å². The number of nitrogens with zero attached hydrogens (tertiary/aromatic N) is 1. The SMILES string of the molecule is O=c1[nH]c2ccc(-c3csc(NS(=O)(=O)c4cccs4)n3)cc2o1. The molecule has 0 bridgehead atoms. The number of thiophene rings is 1. The Bertz CT molecular complexity index is 1170. The van der Waals surface area contributed by atoms with Crippen LogP contribution in [0.2, 0.25) is 0 Å². The third kappa shape index (κ3) is 2.75. The Balaban J connectivity index is 1.65. The lowest BCUT2D eigenvalue weighted by atomic mass is 10.1. The summed E-state index contributed by atoms with van der Waals surface area (Å²) in [5.74, 6) is -0.523. The van der Waals surface area contributed by atoms with Gasteiger partial charge in [0.2, 0.25) is 0 Å². The number of H-pyrrole nitrogens is 1. The van der Waals surface area contributed by atoms with Gasteiger partial charge in [-0.2, -0.15) is 0 Å². The third-order valence-electron chi connectivity index (χ3n) is 3.20. The number of oxazole rings is 1. The Kier molecular flexibility index (Phi) is 3.52. The van der Waals surface area contributed by atoms with Crippen LogP contribution in [0.1, 0.15) is 0 Å². The summed E-state index contributed by atoms with van der Waals surface area (Å²) in [5, 5.41) is 3.70. The fraction of sp³-hybridized carbons (Fsp3) is 0. The first kappa shape index (κ1) is 15.1. The minimum absolute atomic E-state index is 0.231.